The van der Waals surface area contributed by atoms with E-state index in [-0.39, 0.29) is 18.0 Å². The number of halogens is 1. The highest BCUT2D eigenvalue weighted by Crippen LogP contribution is 2.18. The van der Waals surface area contributed by atoms with Crippen molar-refractivity contribution in [3.8, 4) is 0 Å². The number of piperazine rings is 1. The van der Waals surface area contributed by atoms with Gasteiger partial charge in [-0.2, -0.15) is 0 Å². The fourth-order valence-corrected chi connectivity index (χ4v) is 2.05. The molecular weight excluding hydrogens is 261 g/mol. The van der Waals surface area contributed by atoms with Gasteiger partial charge in [0.1, 0.15) is 11.4 Å². The molecular formula is C14H20FN3O2. The number of aromatic nitrogens is 1. The first-order valence-corrected chi connectivity index (χ1v) is 6.68. The molecule has 2 heterocycles. The lowest BCUT2D eigenvalue weighted by Crippen LogP contribution is -2.49. The van der Waals surface area contributed by atoms with Gasteiger partial charge in [-0.1, -0.05) is 0 Å². The summed E-state index contributed by atoms with van der Waals surface area (Å²) in [5.74, 6) is -0.328. The van der Waals surface area contributed by atoms with E-state index >= 15 is 0 Å². The van der Waals surface area contributed by atoms with Crippen LogP contribution in [0.15, 0.2) is 18.3 Å². The zero-order chi connectivity index (χ0) is 14.8. The van der Waals surface area contributed by atoms with Crippen molar-refractivity contribution in [3.63, 3.8) is 0 Å². The molecule has 0 aromatic carbocycles. The molecule has 1 atom stereocenters. The molecule has 0 bridgehead atoms. The van der Waals surface area contributed by atoms with E-state index in [4.69, 9.17) is 4.74 Å². The zero-order valence-electron chi connectivity index (χ0n) is 12.0. The van der Waals surface area contributed by atoms with Gasteiger partial charge in [-0.25, -0.2) is 9.18 Å². The van der Waals surface area contributed by atoms with Gasteiger partial charge in [0, 0.05) is 25.8 Å². The molecule has 5 nitrogen and oxygen atoms in total. The zero-order valence-corrected chi connectivity index (χ0v) is 12.0. The minimum atomic E-state index is -0.519. The van der Waals surface area contributed by atoms with Crippen LogP contribution in [0.3, 0.4) is 0 Å². The summed E-state index contributed by atoms with van der Waals surface area (Å²) in [6.45, 7) is 7.12. The van der Waals surface area contributed by atoms with Gasteiger partial charge < -0.3 is 15.0 Å². The Balaban J connectivity index is 2.03. The van der Waals surface area contributed by atoms with Crippen LogP contribution in [0.5, 0.6) is 0 Å². The van der Waals surface area contributed by atoms with Crippen molar-refractivity contribution in [1.29, 1.82) is 0 Å². The quantitative estimate of drug-likeness (QED) is 0.856. The molecule has 1 aliphatic heterocycles. The van der Waals surface area contributed by atoms with E-state index in [1.54, 1.807) is 4.90 Å². The van der Waals surface area contributed by atoms with Crippen LogP contribution in [0.25, 0.3) is 0 Å². The topological polar surface area (TPSA) is 54.5 Å². The highest BCUT2D eigenvalue weighted by atomic mass is 19.1. The maximum Gasteiger partial charge on any atom is 0.410 e. The molecule has 0 aliphatic carbocycles. The molecule has 1 unspecified atom stereocenters. The summed E-state index contributed by atoms with van der Waals surface area (Å²) in [4.78, 5) is 17.8. The molecule has 0 radical (unpaired) electrons. The third kappa shape index (κ3) is 3.90. The van der Waals surface area contributed by atoms with Crippen LogP contribution in [-0.4, -0.2) is 41.2 Å². The molecule has 1 saturated heterocycles. The first-order valence-electron chi connectivity index (χ1n) is 6.68. The van der Waals surface area contributed by atoms with Gasteiger partial charge in [0.05, 0.1) is 11.7 Å². The summed E-state index contributed by atoms with van der Waals surface area (Å²) in [6, 6.07) is 2.51. The van der Waals surface area contributed by atoms with Gasteiger partial charge in [-0.05, 0) is 32.9 Å². The lowest BCUT2D eigenvalue weighted by atomic mass is 10.1. The van der Waals surface area contributed by atoms with Crippen LogP contribution in [0.1, 0.15) is 32.5 Å². The summed E-state index contributed by atoms with van der Waals surface area (Å²) < 4.78 is 18.6. The molecule has 1 fully saturated rings. The average Bonchev–Trinajstić information content (AvgIpc) is 2.37. The number of amides is 1. The molecule has 6 heteroatoms. The lowest BCUT2D eigenvalue weighted by Gasteiger charge is -2.34. The molecule has 1 N–H and O–H groups in total. The Bertz CT molecular complexity index is 488. The number of pyridine rings is 1. The minimum Gasteiger partial charge on any atom is -0.444 e. The summed E-state index contributed by atoms with van der Waals surface area (Å²) in [6.07, 6.45) is 1.08. The summed E-state index contributed by atoms with van der Waals surface area (Å²) in [5.41, 5.74) is 0.0763. The highest BCUT2D eigenvalue weighted by Gasteiger charge is 2.28. The van der Waals surface area contributed by atoms with E-state index in [0.717, 1.165) is 0 Å². The van der Waals surface area contributed by atoms with E-state index < -0.39 is 5.60 Å². The summed E-state index contributed by atoms with van der Waals surface area (Å²) in [5, 5.41) is 3.23. The standard InChI is InChI=1S/C14H20FN3O2/c1-14(2,3)20-13(19)18-7-6-17-12(9-18)11-8-10(15)4-5-16-11/h4-5,8,12,17H,6-7,9H2,1-3H3. The van der Waals surface area contributed by atoms with Crippen molar-refractivity contribution in [1.82, 2.24) is 15.2 Å². The number of nitrogens with one attached hydrogen (secondary N) is 1. The Morgan fingerprint density at radius 3 is 2.95 bits per heavy atom. The number of hydrogen-bond donors (Lipinski definition) is 1. The second-order valence-electron chi connectivity index (χ2n) is 5.83. The van der Waals surface area contributed by atoms with Crippen molar-refractivity contribution < 1.29 is 13.9 Å². The van der Waals surface area contributed by atoms with E-state index in [1.165, 1.54) is 18.3 Å². The predicted octanol–water partition coefficient (Wildman–Crippen LogP) is 2.10. The molecule has 1 aromatic heterocycles. The van der Waals surface area contributed by atoms with Gasteiger partial charge in [0.15, 0.2) is 0 Å². The molecule has 20 heavy (non-hydrogen) atoms. The van der Waals surface area contributed by atoms with E-state index in [1.807, 2.05) is 20.8 Å². The van der Waals surface area contributed by atoms with Gasteiger partial charge in [0.25, 0.3) is 0 Å². The fourth-order valence-electron chi connectivity index (χ4n) is 2.05. The van der Waals surface area contributed by atoms with Crippen molar-refractivity contribution in [2.24, 2.45) is 0 Å². The number of carbonyl (C=O) groups excluding carboxylic acids is 1. The molecule has 1 aliphatic rings. The number of nitrogens with zero attached hydrogens (tertiary/aromatic N) is 2. The minimum absolute atomic E-state index is 0.174. The second-order valence-corrected chi connectivity index (χ2v) is 5.83. The monoisotopic (exact) mass is 281 g/mol. The average molecular weight is 281 g/mol. The number of hydrogen-bond acceptors (Lipinski definition) is 4. The third-order valence-electron chi connectivity index (χ3n) is 2.93. The van der Waals surface area contributed by atoms with Crippen molar-refractivity contribution in [2.45, 2.75) is 32.4 Å². The maximum absolute atomic E-state index is 13.2. The van der Waals surface area contributed by atoms with E-state index in [2.05, 4.69) is 10.3 Å². The molecule has 1 amide bonds. The van der Waals surface area contributed by atoms with Crippen LogP contribution >= 0.6 is 0 Å². The van der Waals surface area contributed by atoms with Gasteiger partial charge in [-0.3, -0.25) is 4.98 Å². The SMILES string of the molecule is CC(C)(C)OC(=O)N1CCNC(c2cc(F)ccn2)C1. The predicted molar refractivity (Wildman–Crippen MR) is 72.7 cm³/mol. The van der Waals surface area contributed by atoms with Gasteiger partial charge >= 0.3 is 6.09 Å². The lowest BCUT2D eigenvalue weighted by molar-refractivity contribution is 0.0193. The van der Waals surface area contributed by atoms with Gasteiger partial charge in [0.2, 0.25) is 0 Å². The molecule has 1 aromatic rings. The summed E-state index contributed by atoms with van der Waals surface area (Å²) in [7, 11) is 0. The molecule has 2 rings (SSSR count). The van der Waals surface area contributed by atoms with E-state index in [9.17, 15) is 9.18 Å². The van der Waals surface area contributed by atoms with E-state index in [0.29, 0.717) is 25.3 Å². The highest BCUT2D eigenvalue weighted by molar-refractivity contribution is 5.68. The largest absolute Gasteiger partial charge is 0.444 e. The molecule has 110 valence electrons. The Labute approximate surface area is 118 Å². The third-order valence-corrected chi connectivity index (χ3v) is 2.93. The Kier molecular flexibility index (Phi) is 4.23. The van der Waals surface area contributed by atoms with Crippen LogP contribution in [0.4, 0.5) is 9.18 Å². The number of rotatable bonds is 1. The second kappa shape index (κ2) is 5.75. The normalized spacial score (nSPS) is 19.8. The summed E-state index contributed by atoms with van der Waals surface area (Å²) >= 11 is 0. The fraction of sp³-hybridized carbons (Fsp3) is 0.571. The maximum atomic E-state index is 13.2. The number of carbonyl (C=O) groups is 1. The first-order chi connectivity index (χ1) is 9.35. The van der Waals surface area contributed by atoms with Crippen LogP contribution in [0, 0.1) is 5.82 Å². The van der Waals surface area contributed by atoms with Crippen molar-refractivity contribution >= 4 is 6.09 Å². The number of ether oxygens (including phenoxy) is 1. The Morgan fingerprint density at radius 1 is 1.55 bits per heavy atom. The molecule has 0 saturated carbocycles. The van der Waals surface area contributed by atoms with Crippen molar-refractivity contribution in [2.75, 3.05) is 19.6 Å². The smallest absolute Gasteiger partial charge is 0.410 e. The van der Waals surface area contributed by atoms with Gasteiger partial charge in [-0.15, -0.1) is 0 Å². The van der Waals surface area contributed by atoms with Crippen LogP contribution in [0.2, 0.25) is 0 Å². The first kappa shape index (κ1) is 14.7. The molecule has 0 spiro atoms. The van der Waals surface area contributed by atoms with Crippen molar-refractivity contribution in [3.05, 3.63) is 29.8 Å². The Morgan fingerprint density at radius 2 is 2.30 bits per heavy atom. The van der Waals surface area contributed by atoms with Crippen LogP contribution < -0.4 is 5.32 Å². The van der Waals surface area contributed by atoms with Crippen LogP contribution in [-0.2, 0) is 4.74 Å². The Hall–Kier alpha value is -1.69.